The van der Waals surface area contributed by atoms with Crippen molar-refractivity contribution in [3.8, 4) is 0 Å². The van der Waals surface area contributed by atoms with E-state index >= 15 is 0 Å². The van der Waals surface area contributed by atoms with E-state index in [1.54, 1.807) is 0 Å². The molecule has 1 amide bonds. The number of likely N-dealkylation sites (tertiary alicyclic amines) is 1. The SMILES string of the molecule is CCC1(N)CN(C(=O)c2cccc(F)c2F)C1. The van der Waals surface area contributed by atoms with Crippen LogP contribution in [-0.4, -0.2) is 29.4 Å². The Morgan fingerprint density at radius 2 is 2.12 bits per heavy atom. The maximum Gasteiger partial charge on any atom is 0.257 e. The molecule has 92 valence electrons. The first kappa shape index (κ1) is 12.0. The number of nitrogens with two attached hydrogens (primary N) is 1. The van der Waals surface area contributed by atoms with Crippen LogP contribution >= 0.6 is 0 Å². The summed E-state index contributed by atoms with van der Waals surface area (Å²) >= 11 is 0. The van der Waals surface area contributed by atoms with E-state index in [1.807, 2.05) is 6.92 Å². The molecule has 0 saturated carbocycles. The Morgan fingerprint density at radius 1 is 1.47 bits per heavy atom. The summed E-state index contributed by atoms with van der Waals surface area (Å²) in [6, 6.07) is 3.59. The van der Waals surface area contributed by atoms with Crippen LogP contribution in [0.5, 0.6) is 0 Å². The number of carbonyl (C=O) groups is 1. The maximum atomic E-state index is 13.4. The monoisotopic (exact) mass is 240 g/mol. The highest BCUT2D eigenvalue weighted by Crippen LogP contribution is 2.24. The van der Waals surface area contributed by atoms with E-state index in [0.29, 0.717) is 13.1 Å². The third-order valence-electron chi connectivity index (χ3n) is 3.18. The van der Waals surface area contributed by atoms with E-state index in [1.165, 1.54) is 17.0 Å². The highest BCUT2D eigenvalue weighted by molar-refractivity contribution is 5.95. The molecule has 3 nitrogen and oxygen atoms in total. The van der Waals surface area contributed by atoms with Gasteiger partial charge in [0, 0.05) is 13.1 Å². The van der Waals surface area contributed by atoms with Gasteiger partial charge in [-0.05, 0) is 18.6 Å². The molecule has 0 aliphatic carbocycles. The molecule has 17 heavy (non-hydrogen) atoms. The number of benzene rings is 1. The van der Waals surface area contributed by atoms with E-state index < -0.39 is 17.5 Å². The average molecular weight is 240 g/mol. The van der Waals surface area contributed by atoms with Crippen LogP contribution in [0.4, 0.5) is 8.78 Å². The Labute approximate surface area is 98.2 Å². The summed E-state index contributed by atoms with van der Waals surface area (Å²) in [5.41, 5.74) is 5.31. The van der Waals surface area contributed by atoms with Crippen molar-refractivity contribution >= 4 is 5.91 Å². The van der Waals surface area contributed by atoms with Gasteiger partial charge in [-0.3, -0.25) is 4.79 Å². The van der Waals surface area contributed by atoms with Crippen LogP contribution in [0, 0.1) is 11.6 Å². The predicted octanol–water partition coefficient (Wildman–Crippen LogP) is 1.53. The van der Waals surface area contributed by atoms with Gasteiger partial charge in [-0.2, -0.15) is 0 Å². The fourth-order valence-electron chi connectivity index (χ4n) is 1.92. The number of carbonyl (C=O) groups excluding carboxylic acids is 1. The van der Waals surface area contributed by atoms with Gasteiger partial charge < -0.3 is 10.6 Å². The zero-order valence-corrected chi connectivity index (χ0v) is 9.54. The minimum atomic E-state index is -1.09. The molecule has 1 heterocycles. The molecule has 1 saturated heterocycles. The minimum Gasteiger partial charge on any atom is -0.335 e. The molecule has 0 radical (unpaired) electrons. The summed E-state index contributed by atoms with van der Waals surface area (Å²) < 4.78 is 26.4. The highest BCUT2D eigenvalue weighted by atomic mass is 19.2. The van der Waals surface area contributed by atoms with Crippen molar-refractivity contribution in [1.82, 2.24) is 4.90 Å². The van der Waals surface area contributed by atoms with Crippen LogP contribution in [0.25, 0.3) is 0 Å². The van der Waals surface area contributed by atoms with Crippen LogP contribution in [0.15, 0.2) is 18.2 Å². The summed E-state index contributed by atoms with van der Waals surface area (Å²) in [5, 5.41) is 0. The molecule has 0 bridgehead atoms. The molecule has 2 rings (SSSR count). The topological polar surface area (TPSA) is 46.3 Å². The van der Waals surface area contributed by atoms with Crippen LogP contribution in [0.2, 0.25) is 0 Å². The zero-order chi connectivity index (χ0) is 12.6. The maximum absolute atomic E-state index is 13.4. The van der Waals surface area contributed by atoms with Crippen molar-refractivity contribution in [2.24, 2.45) is 5.73 Å². The quantitative estimate of drug-likeness (QED) is 0.852. The van der Waals surface area contributed by atoms with Gasteiger partial charge in [0.15, 0.2) is 11.6 Å². The molecule has 0 atom stereocenters. The van der Waals surface area contributed by atoms with Gasteiger partial charge in [-0.25, -0.2) is 8.78 Å². The van der Waals surface area contributed by atoms with Crippen LogP contribution in [-0.2, 0) is 0 Å². The zero-order valence-electron chi connectivity index (χ0n) is 9.54. The van der Waals surface area contributed by atoms with Crippen molar-refractivity contribution < 1.29 is 13.6 Å². The van der Waals surface area contributed by atoms with E-state index in [-0.39, 0.29) is 11.1 Å². The van der Waals surface area contributed by atoms with Crippen molar-refractivity contribution in [3.63, 3.8) is 0 Å². The lowest BCUT2D eigenvalue weighted by Crippen LogP contribution is -2.68. The summed E-state index contributed by atoms with van der Waals surface area (Å²) in [6.45, 7) is 2.71. The van der Waals surface area contributed by atoms with E-state index in [9.17, 15) is 13.6 Å². The fourth-order valence-corrected chi connectivity index (χ4v) is 1.92. The molecule has 0 unspecified atom stereocenters. The molecule has 1 aliphatic rings. The third kappa shape index (κ3) is 2.02. The van der Waals surface area contributed by atoms with Gasteiger partial charge >= 0.3 is 0 Å². The number of amides is 1. The molecule has 1 fully saturated rings. The van der Waals surface area contributed by atoms with Crippen molar-refractivity contribution in [1.29, 1.82) is 0 Å². The normalized spacial score (nSPS) is 17.8. The number of halogens is 2. The fraction of sp³-hybridized carbons (Fsp3) is 0.417. The molecule has 0 aromatic heterocycles. The molecule has 1 aliphatic heterocycles. The smallest absolute Gasteiger partial charge is 0.257 e. The largest absolute Gasteiger partial charge is 0.335 e. The van der Waals surface area contributed by atoms with E-state index in [2.05, 4.69) is 0 Å². The predicted molar refractivity (Wildman–Crippen MR) is 59.5 cm³/mol. The first-order valence-corrected chi connectivity index (χ1v) is 5.49. The number of hydrogen-bond donors (Lipinski definition) is 1. The second-order valence-corrected chi connectivity index (χ2v) is 4.48. The van der Waals surface area contributed by atoms with Gasteiger partial charge in [0.05, 0.1) is 11.1 Å². The van der Waals surface area contributed by atoms with E-state index in [4.69, 9.17) is 5.73 Å². The average Bonchev–Trinajstić information content (AvgIpc) is 2.28. The second-order valence-electron chi connectivity index (χ2n) is 4.48. The molecule has 2 N–H and O–H groups in total. The first-order valence-electron chi connectivity index (χ1n) is 5.49. The van der Waals surface area contributed by atoms with Crippen molar-refractivity contribution in [2.45, 2.75) is 18.9 Å². The molecule has 1 aromatic carbocycles. The number of nitrogens with zero attached hydrogens (tertiary/aromatic N) is 1. The highest BCUT2D eigenvalue weighted by Gasteiger charge is 2.41. The van der Waals surface area contributed by atoms with Crippen LogP contribution in [0.1, 0.15) is 23.7 Å². The standard InChI is InChI=1S/C12H14F2N2O/c1-2-12(15)6-16(7-12)11(17)8-4-3-5-9(13)10(8)14/h3-5H,2,6-7,15H2,1H3. The van der Waals surface area contributed by atoms with Crippen molar-refractivity contribution in [2.75, 3.05) is 13.1 Å². The lowest BCUT2D eigenvalue weighted by molar-refractivity contribution is 0.0396. The molecular weight excluding hydrogens is 226 g/mol. The minimum absolute atomic E-state index is 0.233. The summed E-state index contributed by atoms with van der Waals surface area (Å²) in [7, 11) is 0. The number of rotatable bonds is 2. The van der Waals surface area contributed by atoms with E-state index in [0.717, 1.165) is 12.5 Å². The second kappa shape index (κ2) is 4.07. The van der Waals surface area contributed by atoms with Crippen LogP contribution in [0.3, 0.4) is 0 Å². The molecule has 0 spiro atoms. The lowest BCUT2D eigenvalue weighted by atomic mass is 9.88. The van der Waals surface area contributed by atoms with Gasteiger partial charge in [0.1, 0.15) is 0 Å². The van der Waals surface area contributed by atoms with Gasteiger partial charge in [-0.15, -0.1) is 0 Å². The Morgan fingerprint density at radius 3 is 2.71 bits per heavy atom. The van der Waals surface area contributed by atoms with Gasteiger partial charge in [0.2, 0.25) is 0 Å². The molecule has 5 heteroatoms. The summed E-state index contributed by atoms with van der Waals surface area (Å²) in [4.78, 5) is 13.3. The Bertz CT molecular complexity index is 456. The van der Waals surface area contributed by atoms with Gasteiger partial charge in [0.25, 0.3) is 5.91 Å². The number of hydrogen-bond acceptors (Lipinski definition) is 2. The molecule has 1 aromatic rings. The van der Waals surface area contributed by atoms with Crippen LogP contribution < -0.4 is 5.73 Å². The van der Waals surface area contributed by atoms with Gasteiger partial charge in [-0.1, -0.05) is 13.0 Å². The Balaban J connectivity index is 2.15. The lowest BCUT2D eigenvalue weighted by Gasteiger charge is -2.47. The first-order chi connectivity index (χ1) is 7.97. The Hall–Kier alpha value is -1.49. The summed E-state index contributed by atoms with van der Waals surface area (Å²) in [6.07, 6.45) is 0.752. The summed E-state index contributed by atoms with van der Waals surface area (Å²) in [5.74, 6) is -2.61. The molecular formula is C12H14F2N2O. The Kier molecular flexibility index (Phi) is 2.87. The third-order valence-corrected chi connectivity index (χ3v) is 3.18. The van der Waals surface area contributed by atoms with Crippen molar-refractivity contribution in [3.05, 3.63) is 35.4 Å².